The van der Waals surface area contributed by atoms with Gasteiger partial charge >= 0.3 is 10.2 Å². The summed E-state index contributed by atoms with van der Waals surface area (Å²) >= 11 is 0. The minimum absolute atomic E-state index is 0.0766. The molecule has 3 aromatic rings. The molecule has 4 rings (SSSR count). The van der Waals surface area contributed by atoms with Crippen LogP contribution in [0.15, 0.2) is 30.6 Å². The van der Waals surface area contributed by atoms with Crippen molar-refractivity contribution in [2.45, 2.75) is 65.5 Å². The van der Waals surface area contributed by atoms with Crippen LogP contribution in [0.5, 0.6) is 0 Å². The van der Waals surface area contributed by atoms with E-state index in [0.29, 0.717) is 12.5 Å². The van der Waals surface area contributed by atoms with Gasteiger partial charge in [0.25, 0.3) is 5.91 Å². The second kappa shape index (κ2) is 10.7. The van der Waals surface area contributed by atoms with Crippen molar-refractivity contribution in [2.24, 2.45) is 5.92 Å². The van der Waals surface area contributed by atoms with Gasteiger partial charge in [-0.2, -0.15) is 22.3 Å². The van der Waals surface area contributed by atoms with Crippen LogP contribution in [0.25, 0.3) is 11.0 Å². The quantitative estimate of drug-likeness (QED) is 0.451. The standard InChI is InChI=1S/C25H36N6O4S/c1-5-10-26-23(32)20-15-27-31(17-20)36(33,34)28-14-19-6-7-22-21(13-19)29-24(25(2,3)4)30(22)16-18-8-11-35-12-9-18/h6-7,13,15,17-18,28H,5,8-12,14,16H2,1-4H3,(H,26,32). The van der Waals surface area contributed by atoms with Crippen molar-refractivity contribution in [1.82, 2.24) is 28.8 Å². The number of nitrogens with one attached hydrogen (secondary N) is 2. The molecule has 36 heavy (non-hydrogen) atoms. The summed E-state index contributed by atoms with van der Waals surface area (Å²) in [5.41, 5.74) is 2.74. The van der Waals surface area contributed by atoms with Gasteiger partial charge in [0.1, 0.15) is 5.82 Å². The molecule has 1 saturated heterocycles. The molecule has 0 aliphatic carbocycles. The number of benzene rings is 1. The third kappa shape index (κ3) is 5.96. The smallest absolute Gasteiger partial charge is 0.320 e. The van der Waals surface area contributed by atoms with E-state index >= 15 is 0 Å². The average molecular weight is 517 g/mol. The third-order valence-electron chi connectivity index (χ3n) is 6.33. The predicted molar refractivity (Wildman–Crippen MR) is 138 cm³/mol. The number of nitrogens with zero attached hydrogens (tertiary/aromatic N) is 4. The molecule has 1 aliphatic rings. The number of carbonyl (C=O) groups is 1. The number of aromatic nitrogens is 4. The van der Waals surface area contributed by atoms with E-state index in [0.717, 1.165) is 65.5 Å². The molecule has 11 heteroatoms. The summed E-state index contributed by atoms with van der Waals surface area (Å²) in [6, 6.07) is 5.87. The molecular weight excluding hydrogens is 480 g/mol. The van der Waals surface area contributed by atoms with Crippen LogP contribution >= 0.6 is 0 Å². The number of imidazole rings is 1. The molecule has 0 atom stereocenters. The molecular formula is C25H36N6O4S. The van der Waals surface area contributed by atoms with E-state index in [1.165, 1.54) is 12.4 Å². The van der Waals surface area contributed by atoms with Crippen molar-refractivity contribution in [3.63, 3.8) is 0 Å². The summed E-state index contributed by atoms with van der Waals surface area (Å²) in [4.78, 5) is 17.0. The van der Waals surface area contributed by atoms with Crippen molar-refractivity contribution in [3.8, 4) is 0 Å². The molecule has 3 heterocycles. The minimum Gasteiger partial charge on any atom is -0.381 e. The van der Waals surface area contributed by atoms with E-state index in [-0.39, 0.29) is 23.4 Å². The van der Waals surface area contributed by atoms with Gasteiger partial charge in [-0.05, 0) is 42.9 Å². The SMILES string of the molecule is CCCNC(=O)c1cnn(S(=O)(=O)NCc2ccc3c(c2)nc(C(C)(C)C)n3CC2CCOCC2)c1. The van der Waals surface area contributed by atoms with Crippen LogP contribution in [0.1, 0.15) is 68.7 Å². The maximum atomic E-state index is 12.8. The number of amides is 1. The molecule has 10 nitrogen and oxygen atoms in total. The average Bonchev–Trinajstić information content (AvgIpc) is 3.48. The van der Waals surface area contributed by atoms with Crippen LogP contribution in [0, 0.1) is 5.92 Å². The second-order valence-corrected chi connectivity index (χ2v) is 12.0. The fourth-order valence-electron chi connectivity index (χ4n) is 4.36. The first kappa shape index (κ1) is 26.3. The van der Waals surface area contributed by atoms with Gasteiger partial charge in [-0.3, -0.25) is 4.79 Å². The van der Waals surface area contributed by atoms with Crippen LogP contribution in [0.3, 0.4) is 0 Å². The summed E-state index contributed by atoms with van der Waals surface area (Å²) in [6.07, 6.45) is 5.33. The Morgan fingerprint density at radius 2 is 1.97 bits per heavy atom. The fourth-order valence-corrected chi connectivity index (χ4v) is 5.27. The summed E-state index contributed by atoms with van der Waals surface area (Å²) in [6.45, 7) is 11.5. The van der Waals surface area contributed by atoms with E-state index in [2.05, 4.69) is 40.5 Å². The number of rotatable bonds is 9. The van der Waals surface area contributed by atoms with Gasteiger partial charge < -0.3 is 14.6 Å². The largest absolute Gasteiger partial charge is 0.381 e. The lowest BCUT2D eigenvalue weighted by Crippen LogP contribution is -2.30. The third-order valence-corrected chi connectivity index (χ3v) is 7.53. The van der Waals surface area contributed by atoms with Crippen molar-refractivity contribution >= 4 is 27.1 Å². The lowest BCUT2D eigenvalue weighted by atomic mass is 9.94. The first-order valence-electron chi connectivity index (χ1n) is 12.5. The summed E-state index contributed by atoms with van der Waals surface area (Å²) in [7, 11) is -3.95. The van der Waals surface area contributed by atoms with E-state index in [1.807, 2.05) is 25.1 Å². The van der Waals surface area contributed by atoms with Crippen LogP contribution in [0.4, 0.5) is 0 Å². The van der Waals surface area contributed by atoms with E-state index in [4.69, 9.17) is 9.72 Å². The van der Waals surface area contributed by atoms with E-state index in [9.17, 15) is 13.2 Å². The predicted octanol–water partition coefficient (Wildman–Crippen LogP) is 2.98. The van der Waals surface area contributed by atoms with Crippen LogP contribution in [0.2, 0.25) is 0 Å². The molecule has 0 radical (unpaired) electrons. The Kier molecular flexibility index (Phi) is 7.82. The second-order valence-electron chi connectivity index (χ2n) is 10.4. The zero-order valence-electron chi connectivity index (χ0n) is 21.5. The molecule has 1 fully saturated rings. The maximum Gasteiger partial charge on any atom is 0.320 e. The number of fused-ring (bicyclic) bond motifs is 1. The molecule has 2 aromatic heterocycles. The van der Waals surface area contributed by atoms with Gasteiger partial charge in [0.05, 0.1) is 29.0 Å². The summed E-state index contributed by atoms with van der Waals surface area (Å²) < 4.78 is 36.7. The normalized spacial score (nSPS) is 15.4. The van der Waals surface area contributed by atoms with Crippen molar-refractivity contribution in [1.29, 1.82) is 0 Å². The van der Waals surface area contributed by atoms with Crippen molar-refractivity contribution in [2.75, 3.05) is 19.8 Å². The molecule has 0 saturated carbocycles. The van der Waals surface area contributed by atoms with Gasteiger partial charge in [0.2, 0.25) is 0 Å². The molecule has 1 amide bonds. The van der Waals surface area contributed by atoms with Crippen LogP contribution in [-0.4, -0.2) is 52.8 Å². The first-order valence-corrected chi connectivity index (χ1v) is 13.9. The molecule has 0 unspecified atom stereocenters. The van der Waals surface area contributed by atoms with E-state index < -0.39 is 10.2 Å². The topological polar surface area (TPSA) is 120 Å². The monoisotopic (exact) mass is 516 g/mol. The summed E-state index contributed by atoms with van der Waals surface area (Å²) in [5.74, 6) is 1.22. The number of carbonyl (C=O) groups excluding carboxylic acids is 1. The molecule has 2 N–H and O–H groups in total. The van der Waals surface area contributed by atoms with Gasteiger partial charge in [-0.1, -0.05) is 33.8 Å². The summed E-state index contributed by atoms with van der Waals surface area (Å²) in [5, 5.41) is 6.57. The number of hydrogen-bond donors (Lipinski definition) is 2. The van der Waals surface area contributed by atoms with Crippen molar-refractivity contribution < 1.29 is 17.9 Å². The zero-order valence-corrected chi connectivity index (χ0v) is 22.3. The van der Waals surface area contributed by atoms with Gasteiger partial charge in [0.15, 0.2) is 0 Å². The molecule has 1 aliphatic heterocycles. The Bertz CT molecular complexity index is 1320. The first-order chi connectivity index (χ1) is 17.1. The molecule has 0 spiro atoms. The molecule has 0 bridgehead atoms. The Morgan fingerprint density at radius 3 is 2.67 bits per heavy atom. The lowest BCUT2D eigenvalue weighted by molar-refractivity contribution is 0.0611. The van der Waals surface area contributed by atoms with Crippen LogP contribution in [-0.2, 0) is 33.5 Å². The number of hydrogen-bond acceptors (Lipinski definition) is 6. The lowest BCUT2D eigenvalue weighted by Gasteiger charge is -2.26. The van der Waals surface area contributed by atoms with Crippen LogP contribution < -0.4 is 10.0 Å². The Balaban J connectivity index is 1.51. The van der Waals surface area contributed by atoms with Gasteiger partial charge in [0, 0.05) is 38.3 Å². The van der Waals surface area contributed by atoms with E-state index in [1.54, 1.807) is 0 Å². The van der Waals surface area contributed by atoms with Gasteiger partial charge in [-0.25, -0.2) is 4.98 Å². The maximum absolute atomic E-state index is 12.8. The number of ether oxygens (including phenoxy) is 1. The fraction of sp³-hybridized carbons (Fsp3) is 0.560. The highest BCUT2D eigenvalue weighted by Gasteiger charge is 2.26. The van der Waals surface area contributed by atoms with Crippen molar-refractivity contribution in [3.05, 3.63) is 47.5 Å². The highest BCUT2D eigenvalue weighted by molar-refractivity contribution is 7.87. The zero-order chi connectivity index (χ0) is 25.9. The Labute approximate surface area is 212 Å². The molecule has 196 valence electrons. The minimum atomic E-state index is -3.95. The van der Waals surface area contributed by atoms with Gasteiger partial charge in [-0.15, -0.1) is 0 Å². The Morgan fingerprint density at radius 1 is 1.22 bits per heavy atom. The highest BCUT2D eigenvalue weighted by Crippen LogP contribution is 2.29. The Hall–Kier alpha value is -2.76. The highest BCUT2D eigenvalue weighted by atomic mass is 32.2. The molecule has 1 aromatic carbocycles.